The maximum absolute atomic E-state index is 12.6. The molecular weight excluding hydrogens is 476 g/mol. The van der Waals surface area contributed by atoms with Gasteiger partial charge in [-0.25, -0.2) is 0 Å². The molecule has 0 saturated heterocycles. The van der Waals surface area contributed by atoms with Gasteiger partial charge in [-0.2, -0.15) is 0 Å². The van der Waals surface area contributed by atoms with Crippen LogP contribution in [0.4, 0.5) is 11.4 Å². The molecule has 2 aliphatic rings. The molecule has 1 heterocycles. The third-order valence-corrected chi connectivity index (χ3v) is 6.61. The summed E-state index contributed by atoms with van der Waals surface area (Å²) in [5.74, 6) is 0.547. The summed E-state index contributed by atoms with van der Waals surface area (Å²) in [7, 11) is 0. The number of rotatable bonds is 7. The molecule has 36 heavy (non-hydrogen) atoms. The highest BCUT2D eigenvalue weighted by Crippen LogP contribution is 2.36. The smallest absolute Gasteiger partial charge is 0.248 e. The number of fused-ring (bicyclic) bond motifs is 2. The quantitative estimate of drug-likeness (QED) is 0.352. The summed E-state index contributed by atoms with van der Waals surface area (Å²) in [6, 6.07) is 21.1. The zero-order chi connectivity index (χ0) is 24.9. The molecule has 0 aromatic heterocycles. The Morgan fingerprint density at radius 3 is 2.72 bits per heavy atom. The molecule has 1 unspecified atom stereocenters. The normalized spacial score (nSPS) is 16.0. The van der Waals surface area contributed by atoms with Crippen LogP contribution in [0.15, 0.2) is 78.9 Å². The van der Waals surface area contributed by atoms with Crippen molar-refractivity contribution >= 4 is 34.8 Å². The number of carbonyl (C=O) groups is 2. The molecule has 1 atom stereocenters. The van der Waals surface area contributed by atoms with E-state index in [1.165, 1.54) is 17.2 Å². The average Bonchev–Trinajstić information content (AvgIpc) is 3.40. The predicted octanol–water partition coefficient (Wildman–Crippen LogP) is 5.28. The Labute approximate surface area is 215 Å². The lowest BCUT2D eigenvalue weighted by atomic mass is 10.1. The van der Waals surface area contributed by atoms with Crippen molar-refractivity contribution in [1.82, 2.24) is 0 Å². The second-order valence-corrected chi connectivity index (χ2v) is 9.11. The van der Waals surface area contributed by atoms with Crippen LogP contribution >= 0.6 is 11.6 Å². The van der Waals surface area contributed by atoms with Crippen molar-refractivity contribution in [2.24, 2.45) is 0 Å². The number of nitrogens with zero attached hydrogens (tertiary/aromatic N) is 1. The first-order chi connectivity index (χ1) is 17.6. The van der Waals surface area contributed by atoms with Crippen LogP contribution in [0.1, 0.15) is 23.1 Å². The van der Waals surface area contributed by atoms with Gasteiger partial charge in [0, 0.05) is 23.5 Å². The van der Waals surface area contributed by atoms with E-state index in [4.69, 9.17) is 21.1 Å². The molecule has 5 rings (SSSR count). The highest BCUT2D eigenvalue weighted by molar-refractivity contribution is 6.29. The third-order valence-electron chi connectivity index (χ3n) is 6.39. The molecule has 3 aromatic rings. The highest BCUT2D eigenvalue weighted by atomic mass is 35.5. The fourth-order valence-electron chi connectivity index (χ4n) is 4.61. The summed E-state index contributed by atoms with van der Waals surface area (Å²) >= 11 is 5.90. The van der Waals surface area contributed by atoms with Crippen LogP contribution in [-0.2, 0) is 29.0 Å². The van der Waals surface area contributed by atoms with Crippen LogP contribution in [0.5, 0.6) is 11.5 Å². The second kappa shape index (κ2) is 10.9. The molecule has 0 spiro atoms. The number of aryl methyl sites for hydroxylation is 1. The summed E-state index contributed by atoms with van der Waals surface area (Å²) in [5.41, 5.74) is 5.05. The Kier molecular flexibility index (Phi) is 7.23. The molecule has 0 fully saturated rings. The third kappa shape index (κ3) is 5.39. The maximum Gasteiger partial charge on any atom is 0.248 e. The molecule has 3 aromatic carbocycles. The number of amides is 2. The van der Waals surface area contributed by atoms with Gasteiger partial charge < -0.3 is 19.7 Å². The lowest BCUT2D eigenvalue weighted by Crippen LogP contribution is -2.32. The van der Waals surface area contributed by atoms with Crippen LogP contribution in [0.3, 0.4) is 0 Å². The number of ether oxygens (including phenoxy) is 2. The standard InChI is InChI=1S/C29H27ClN2O4/c30-17-29(34)32(18-20-6-2-1-3-7-20)22-12-14-26-27(16-22)36-23(19-35-26)13-15-28(33)31-25-11-5-9-21-8-4-10-24(21)25/h1-3,5-7,9,11-16,23H,4,8,10,17-19H2,(H,31,33)/b15-13+. The van der Waals surface area contributed by atoms with E-state index in [0.29, 0.717) is 23.7 Å². The number of hydrogen-bond acceptors (Lipinski definition) is 4. The van der Waals surface area contributed by atoms with Crippen LogP contribution in [0, 0.1) is 0 Å². The summed E-state index contributed by atoms with van der Waals surface area (Å²) in [6.45, 7) is 0.671. The van der Waals surface area contributed by atoms with Gasteiger partial charge in [-0.15, -0.1) is 11.6 Å². The van der Waals surface area contributed by atoms with E-state index in [1.807, 2.05) is 48.5 Å². The van der Waals surface area contributed by atoms with E-state index >= 15 is 0 Å². The first-order valence-electron chi connectivity index (χ1n) is 12.0. The lowest BCUT2D eigenvalue weighted by molar-refractivity contribution is -0.116. The Morgan fingerprint density at radius 1 is 1.03 bits per heavy atom. The Morgan fingerprint density at radius 2 is 1.89 bits per heavy atom. The maximum atomic E-state index is 12.6. The Bertz CT molecular complexity index is 1290. The minimum absolute atomic E-state index is 0.133. The molecule has 2 amide bonds. The Balaban J connectivity index is 1.27. The van der Waals surface area contributed by atoms with Crippen molar-refractivity contribution in [3.63, 3.8) is 0 Å². The zero-order valence-electron chi connectivity index (χ0n) is 19.8. The largest absolute Gasteiger partial charge is 0.485 e. The van der Waals surface area contributed by atoms with E-state index in [1.54, 1.807) is 23.1 Å². The molecule has 7 heteroatoms. The van der Waals surface area contributed by atoms with Crippen LogP contribution in [0.2, 0.25) is 0 Å². The average molecular weight is 503 g/mol. The van der Waals surface area contributed by atoms with Crippen LogP contribution in [0.25, 0.3) is 0 Å². The topological polar surface area (TPSA) is 67.9 Å². The molecule has 1 aliphatic heterocycles. The Hall–Kier alpha value is -3.77. The summed E-state index contributed by atoms with van der Waals surface area (Å²) in [4.78, 5) is 26.8. The fraction of sp³-hybridized carbons (Fsp3) is 0.241. The van der Waals surface area contributed by atoms with Crippen molar-refractivity contribution < 1.29 is 19.1 Å². The molecule has 0 radical (unpaired) electrons. The van der Waals surface area contributed by atoms with Crippen molar-refractivity contribution in [3.8, 4) is 11.5 Å². The molecule has 184 valence electrons. The number of nitrogens with one attached hydrogen (secondary N) is 1. The summed E-state index contributed by atoms with van der Waals surface area (Å²) in [6.07, 6.45) is 5.90. The van der Waals surface area contributed by atoms with Gasteiger partial charge in [0.15, 0.2) is 17.6 Å². The van der Waals surface area contributed by atoms with E-state index in [-0.39, 0.29) is 24.3 Å². The number of halogens is 1. The van der Waals surface area contributed by atoms with Gasteiger partial charge in [0.25, 0.3) is 0 Å². The van der Waals surface area contributed by atoms with Crippen LogP contribution in [-0.4, -0.2) is 30.4 Å². The first-order valence-corrected chi connectivity index (χ1v) is 12.6. The summed E-state index contributed by atoms with van der Waals surface area (Å²) < 4.78 is 11.9. The van der Waals surface area contributed by atoms with Crippen molar-refractivity contribution in [1.29, 1.82) is 0 Å². The van der Waals surface area contributed by atoms with Gasteiger partial charge >= 0.3 is 0 Å². The lowest BCUT2D eigenvalue weighted by Gasteiger charge is -2.27. The molecule has 1 N–H and O–H groups in total. The van der Waals surface area contributed by atoms with E-state index in [9.17, 15) is 9.59 Å². The number of hydrogen-bond donors (Lipinski definition) is 1. The van der Waals surface area contributed by atoms with Crippen molar-refractivity contribution in [3.05, 3.63) is 95.6 Å². The molecular formula is C29H27ClN2O4. The zero-order valence-corrected chi connectivity index (χ0v) is 20.5. The predicted molar refractivity (Wildman–Crippen MR) is 141 cm³/mol. The fourth-order valence-corrected chi connectivity index (χ4v) is 4.75. The summed E-state index contributed by atoms with van der Waals surface area (Å²) in [5, 5.41) is 2.99. The van der Waals surface area contributed by atoms with Crippen molar-refractivity contribution in [2.45, 2.75) is 31.9 Å². The SMILES string of the molecule is O=C(/C=C/C1COc2ccc(N(Cc3ccccc3)C(=O)CCl)cc2O1)Nc1cccc2c1CCC2. The number of anilines is 2. The van der Waals surface area contributed by atoms with E-state index in [0.717, 1.165) is 30.5 Å². The van der Waals surface area contributed by atoms with Gasteiger partial charge in [-0.3, -0.25) is 9.59 Å². The molecule has 6 nitrogen and oxygen atoms in total. The second-order valence-electron chi connectivity index (χ2n) is 8.84. The highest BCUT2D eigenvalue weighted by Gasteiger charge is 2.23. The minimum Gasteiger partial charge on any atom is -0.485 e. The van der Waals surface area contributed by atoms with Gasteiger partial charge in [0.2, 0.25) is 11.8 Å². The molecule has 1 aliphatic carbocycles. The molecule has 0 bridgehead atoms. The first kappa shape index (κ1) is 23.9. The van der Waals surface area contributed by atoms with Gasteiger partial charge in [0.1, 0.15) is 12.5 Å². The molecule has 0 saturated carbocycles. The van der Waals surface area contributed by atoms with Gasteiger partial charge in [-0.05, 0) is 60.2 Å². The van der Waals surface area contributed by atoms with Crippen molar-refractivity contribution in [2.75, 3.05) is 22.7 Å². The van der Waals surface area contributed by atoms with Crippen LogP contribution < -0.4 is 19.7 Å². The van der Waals surface area contributed by atoms with Gasteiger partial charge in [-0.1, -0.05) is 42.5 Å². The number of carbonyl (C=O) groups excluding carboxylic acids is 2. The van der Waals surface area contributed by atoms with Gasteiger partial charge in [0.05, 0.1) is 6.54 Å². The monoisotopic (exact) mass is 502 g/mol. The minimum atomic E-state index is -0.439. The number of alkyl halides is 1. The number of benzene rings is 3. The van der Waals surface area contributed by atoms with E-state index in [2.05, 4.69) is 11.4 Å². The van der Waals surface area contributed by atoms with E-state index < -0.39 is 6.10 Å².